The lowest BCUT2D eigenvalue weighted by atomic mass is 10.0. The number of benzene rings is 1. The predicted octanol–water partition coefficient (Wildman–Crippen LogP) is 3.55. The molecule has 0 radical (unpaired) electrons. The van der Waals surface area contributed by atoms with Crippen LogP contribution in [-0.2, 0) is 9.47 Å². The van der Waals surface area contributed by atoms with Crippen molar-refractivity contribution >= 4 is 5.57 Å². The van der Waals surface area contributed by atoms with Crippen LogP contribution in [-0.4, -0.2) is 21.3 Å². The Morgan fingerprint density at radius 3 is 2.44 bits per heavy atom. The van der Waals surface area contributed by atoms with Gasteiger partial charge in [0, 0.05) is 12.7 Å². The van der Waals surface area contributed by atoms with E-state index in [4.69, 9.17) is 14.2 Å². The molecular formula is C15H20O3. The van der Waals surface area contributed by atoms with Gasteiger partial charge in [0.25, 0.3) is 0 Å². The smallest absolute Gasteiger partial charge is 0.140 e. The van der Waals surface area contributed by atoms with Gasteiger partial charge in [-0.15, -0.1) is 0 Å². The molecule has 1 atom stereocenters. The van der Waals surface area contributed by atoms with E-state index in [1.807, 2.05) is 6.07 Å². The zero-order chi connectivity index (χ0) is 13.1. The molecule has 0 saturated heterocycles. The third-order valence-corrected chi connectivity index (χ3v) is 3.36. The molecule has 1 aromatic carbocycles. The van der Waals surface area contributed by atoms with Gasteiger partial charge in [-0.25, -0.2) is 0 Å². The minimum Gasteiger partial charge on any atom is -0.498 e. The van der Waals surface area contributed by atoms with Gasteiger partial charge in [-0.3, -0.25) is 0 Å². The molecule has 1 aliphatic carbocycles. The lowest BCUT2D eigenvalue weighted by molar-refractivity contribution is 0.0833. The van der Waals surface area contributed by atoms with Crippen LogP contribution in [0.3, 0.4) is 0 Å². The summed E-state index contributed by atoms with van der Waals surface area (Å²) in [5.74, 6) is 1.80. The van der Waals surface area contributed by atoms with Gasteiger partial charge in [0.2, 0.25) is 0 Å². The molecule has 0 aromatic heterocycles. The first-order valence-corrected chi connectivity index (χ1v) is 6.24. The van der Waals surface area contributed by atoms with Gasteiger partial charge in [-0.2, -0.15) is 0 Å². The van der Waals surface area contributed by atoms with Crippen LogP contribution in [0.15, 0.2) is 24.0 Å². The molecular weight excluding hydrogens is 228 g/mol. The Morgan fingerprint density at radius 1 is 1.11 bits per heavy atom. The van der Waals surface area contributed by atoms with Gasteiger partial charge in [0.15, 0.2) is 0 Å². The highest BCUT2D eigenvalue weighted by atomic mass is 16.5. The Kier molecular flexibility index (Phi) is 3.92. The SMILES string of the molecule is CCCC1=C(OC)C(OC)c2ccc(OC)cc21. The summed E-state index contributed by atoms with van der Waals surface area (Å²) in [7, 11) is 5.11. The monoisotopic (exact) mass is 248 g/mol. The van der Waals surface area contributed by atoms with E-state index in [0.29, 0.717) is 0 Å². The standard InChI is InChI=1S/C15H20O3/c1-5-6-11-13-9-10(16-2)7-8-12(13)15(18-4)14(11)17-3/h7-9,15H,5-6H2,1-4H3. The fourth-order valence-corrected chi connectivity index (χ4v) is 2.56. The van der Waals surface area contributed by atoms with E-state index in [0.717, 1.165) is 24.4 Å². The molecule has 0 saturated carbocycles. The topological polar surface area (TPSA) is 27.7 Å². The Morgan fingerprint density at radius 2 is 1.89 bits per heavy atom. The highest BCUT2D eigenvalue weighted by Gasteiger charge is 2.32. The highest BCUT2D eigenvalue weighted by molar-refractivity contribution is 5.77. The molecule has 0 spiro atoms. The van der Waals surface area contributed by atoms with Gasteiger partial charge in [0.05, 0.1) is 14.2 Å². The predicted molar refractivity (Wildman–Crippen MR) is 71.6 cm³/mol. The normalized spacial score (nSPS) is 17.9. The van der Waals surface area contributed by atoms with Crippen molar-refractivity contribution < 1.29 is 14.2 Å². The second-order valence-corrected chi connectivity index (χ2v) is 4.37. The van der Waals surface area contributed by atoms with Crippen LogP contribution in [0.1, 0.15) is 37.0 Å². The first-order chi connectivity index (χ1) is 8.76. The first kappa shape index (κ1) is 13.0. The van der Waals surface area contributed by atoms with Crippen LogP contribution in [0.4, 0.5) is 0 Å². The van der Waals surface area contributed by atoms with Crippen molar-refractivity contribution in [1.82, 2.24) is 0 Å². The minimum atomic E-state index is -0.0857. The Hall–Kier alpha value is -1.48. The molecule has 1 unspecified atom stereocenters. The molecule has 1 aromatic rings. The van der Waals surface area contributed by atoms with Gasteiger partial charge in [-0.05, 0) is 29.7 Å². The Labute approximate surface area is 108 Å². The molecule has 3 nitrogen and oxygen atoms in total. The fraction of sp³-hybridized carbons (Fsp3) is 0.467. The second kappa shape index (κ2) is 5.44. The molecule has 1 aliphatic rings. The molecule has 0 fully saturated rings. The van der Waals surface area contributed by atoms with E-state index in [-0.39, 0.29) is 6.10 Å². The second-order valence-electron chi connectivity index (χ2n) is 4.37. The molecule has 3 heteroatoms. The zero-order valence-electron chi connectivity index (χ0n) is 11.4. The quantitative estimate of drug-likeness (QED) is 0.797. The average Bonchev–Trinajstić information content (AvgIpc) is 2.71. The Balaban J connectivity index is 2.53. The number of hydrogen-bond acceptors (Lipinski definition) is 3. The van der Waals surface area contributed by atoms with Gasteiger partial charge in [-0.1, -0.05) is 19.4 Å². The summed E-state index contributed by atoms with van der Waals surface area (Å²) in [5, 5.41) is 0. The number of allylic oxidation sites excluding steroid dienone is 1. The first-order valence-electron chi connectivity index (χ1n) is 6.24. The largest absolute Gasteiger partial charge is 0.498 e. The molecule has 98 valence electrons. The van der Waals surface area contributed by atoms with Crippen molar-refractivity contribution in [1.29, 1.82) is 0 Å². The maximum atomic E-state index is 5.57. The fourth-order valence-electron chi connectivity index (χ4n) is 2.56. The molecule has 0 amide bonds. The summed E-state index contributed by atoms with van der Waals surface area (Å²) in [6.45, 7) is 2.17. The third-order valence-electron chi connectivity index (χ3n) is 3.36. The van der Waals surface area contributed by atoms with Crippen molar-refractivity contribution in [3.05, 3.63) is 35.1 Å². The number of ether oxygens (including phenoxy) is 3. The lowest BCUT2D eigenvalue weighted by Crippen LogP contribution is -2.03. The lowest BCUT2D eigenvalue weighted by Gasteiger charge is -2.14. The van der Waals surface area contributed by atoms with Crippen LogP contribution in [0.25, 0.3) is 5.57 Å². The summed E-state index contributed by atoms with van der Waals surface area (Å²) in [6.07, 6.45) is 1.98. The molecule has 18 heavy (non-hydrogen) atoms. The number of hydrogen-bond donors (Lipinski definition) is 0. The van der Waals surface area contributed by atoms with E-state index in [9.17, 15) is 0 Å². The van der Waals surface area contributed by atoms with Crippen LogP contribution >= 0.6 is 0 Å². The van der Waals surface area contributed by atoms with Gasteiger partial charge >= 0.3 is 0 Å². The summed E-state index contributed by atoms with van der Waals surface area (Å²) < 4.78 is 16.4. The summed E-state index contributed by atoms with van der Waals surface area (Å²) in [5.41, 5.74) is 3.60. The highest BCUT2D eigenvalue weighted by Crippen LogP contribution is 2.45. The van der Waals surface area contributed by atoms with E-state index in [2.05, 4.69) is 19.1 Å². The molecule has 0 bridgehead atoms. The van der Waals surface area contributed by atoms with Crippen LogP contribution in [0.5, 0.6) is 5.75 Å². The molecule has 0 aliphatic heterocycles. The molecule has 0 N–H and O–H groups in total. The van der Waals surface area contributed by atoms with Crippen LogP contribution in [0, 0.1) is 0 Å². The zero-order valence-corrected chi connectivity index (χ0v) is 11.4. The maximum Gasteiger partial charge on any atom is 0.140 e. The molecule has 2 rings (SSSR count). The van der Waals surface area contributed by atoms with E-state index in [1.165, 1.54) is 16.7 Å². The summed E-state index contributed by atoms with van der Waals surface area (Å²) in [6, 6.07) is 6.09. The number of fused-ring (bicyclic) bond motifs is 1. The van der Waals surface area contributed by atoms with Crippen LogP contribution in [0.2, 0.25) is 0 Å². The van der Waals surface area contributed by atoms with Crippen molar-refractivity contribution in [3.8, 4) is 5.75 Å². The van der Waals surface area contributed by atoms with Crippen molar-refractivity contribution in [2.45, 2.75) is 25.9 Å². The van der Waals surface area contributed by atoms with Crippen molar-refractivity contribution in [2.75, 3.05) is 21.3 Å². The van der Waals surface area contributed by atoms with E-state index >= 15 is 0 Å². The van der Waals surface area contributed by atoms with Gasteiger partial charge < -0.3 is 14.2 Å². The van der Waals surface area contributed by atoms with Crippen LogP contribution < -0.4 is 4.74 Å². The number of rotatable bonds is 5. The van der Waals surface area contributed by atoms with Gasteiger partial charge in [0.1, 0.15) is 17.6 Å². The Bertz CT molecular complexity index is 463. The number of methoxy groups -OCH3 is 3. The van der Waals surface area contributed by atoms with E-state index < -0.39 is 0 Å². The van der Waals surface area contributed by atoms with E-state index in [1.54, 1.807) is 21.3 Å². The third kappa shape index (κ3) is 1.99. The minimum absolute atomic E-state index is 0.0857. The van der Waals surface area contributed by atoms with Crippen molar-refractivity contribution in [2.24, 2.45) is 0 Å². The maximum absolute atomic E-state index is 5.57. The average molecular weight is 248 g/mol. The summed E-state index contributed by atoms with van der Waals surface area (Å²) in [4.78, 5) is 0. The molecule has 0 heterocycles. The van der Waals surface area contributed by atoms with Crippen molar-refractivity contribution in [3.63, 3.8) is 0 Å². The summed E-state index contributed by atoms with van der Waals surface area (Å²) >= 11 is 0.